The highest BCUT2D eigenvalue weighted by molar-refractivity contribution is 7.88. The largest absolute Gasteiger partial charge is 0.341 e. The molecule has 0 aromatic carbocycles. The second-order valence-electron chi connectivity index (χ2n) is 6.55. The topological polar surface area (TPSA) is 69.7 Å². The van der Waals surface area contributed by atoms with Gasteiger partial charge in [-0.2, -0.15) is 0 Å². The zero-order valence-corrected chi connectivity index (χ0v) is 13.9. The molecule has 2 aliphatic heterocycles. The van der Waals surface area contributed by atoms with Crippen LogP contribution in [0.3, 0.4) is 0 Å². The lowest BCUT2D eigenvalue weighted by atomic mass is 10.00. The summed E-state index contributed by atoms with van der Waals surface area (Å²) in [5.74, 6) is 0.769. The van der Waals surface area contributed by atoms with Crippen LogP contribution in [0, 0.1) is 5.92 Å². The van der Waals surface area contributed by atoms with E-state index in [1.54, 1.807) is 0 Å². The maximum Gasteiger partial charge on any atom is 0.236 e. The zero-order valence-electron chi connectivity index (χ0n) is 13.0. The lowest BCUT2D eigenvalue weighted by Gasteiger charge is -2.36. The summed E-state index contributed by atoms with van der Waals surface area (Å²) in [6.45, 7) is 5.82. The van der Waals surface area contributed by atoms with E-state index in [1.165, 1.54) is 12.7 Å². The molecule has 2 heterocycles. The normalized spacial score (nSPS) is 28.6. The molecule has 21 heavy (non-hydrogen) atoms. The first-order valence-corrected chi connectivity index (χ1v) is 9.70. The molecule has 2 fully saturated rings. The monoisotopic (exact) mass is 317 g/mol. The Balaban J connectivity index is 1.83. The SMILES string of the molecule is C[C@@H]1CCCN(C(=O)CN2CCC[C@@H](NS(C)(=O)=O)C2)C1. The van der Waals surface area contributed by atoms with E-state index in [0.717, 1.165) is 38.9 Å². The van der Waals surface area contributed by atoms with Crippen molar-refractivity contribution in [2.24, 2.45) is 5.92 Å². The van der Waals surface area contributed by atoms with Crippen LogP contribution in [0.15, 0.2) is 0 Å². The van der Waals surface area contributed by atoms with Crippen LogP contribution in [0.4, 0.5) is 0 Å². The van der Waals surface area contributed by atoms with Crippen molar-refractivity contribution in [3.05, 3.63) is 0 Å². The summed E-state index contributed by atoms with van der Waals surface area (Å²) in [6, 6.07) is -0.0678. The van der Waals surface area contributed by atoms with E-state index in [0.29, 0.717) is 19.0 Å². The highest BCUT2D eigenvalue weighted by atomic mass is 32.2. The van der Waals surface area contributed by atoms with Crippen LogP contribution in [0.1, 0.15) is 32.6 Å². The van der Waals surface area contributed by atoms with Crippen LogP contribution >= 0.6 is 0 Å². The minimum atomic E-state index is -3.18. The molecule has 2 aliphatic rings. The molecule has 1 amide bonds. The van der Waals surface area contributed by atoms with E-state index in [9.17, 15) is 13.2 Å². The Morgan fingerprint density at radius 3 is 2.57 bits per heavy atom. The van der Waals surface area contributed by atoms with Gasteiger partial charge < -0.3 is 4.90 Å². The zero-order chi connectivity index (χ0) is 15.5. The second kappa shape index (κ2) is 7.07. The standard InChI is InChI=1S/C14H27N3O3S/c1-12-5-3-8-17(9-12)14(18)11-16-7-4-6-13(10-16)15-21(2,19)20/h12-13,15H,3-11H2,1-2H3/t12-,13-/m1/s1. The predicted molar refractivity (Wildman–Crippen MR) is 82.4 cm³/mol. The Bertz CT molecular complexity index is 466. The summed E-state index contributed by atoms with van der Waals surface area (Å²) in [5, 5.41) is 0. The van der Waals surface area contributed by atoms with Gasteiger partial charge in [-0.25, -0.2) is 13.1 Å². The third-order valence-electron chi connectivity index (χ3n) is 4.25. The number of hydrogen-bond acceptors (Lipinski definition) is 4. The minimum absolute atomic E-state index is 0.0678. The average Bonchev–Trinajstić information content (AvgIpc) is 2.37. The third kappa shape index (κ3) is 5.56. The van der Waals surface area contributed by atoms with Crippen molar-refractivity contribution < 1.29 is 13.2 Å². The fraction of sp³-hybridized carbons (Fsp3) is 0.929. The van der Waals surface area contributed by atoms with Gasteiger partial charge >= 0.3 is 0 Å². The summed E-state index contributed by atoms with van der Waals surface area (Å²) in [7, 11) is -3.18. The Labute approximate surface area is 127 Å². The number of piperidine rings is 2. The van der Waals surface area contributed by atoms with Gasteiger partial charge in [-0.1, -0.05) is 6.92 Å². The van der Waals surface area contributed by atoms with E-state index in [2.05, 4.69) is 16.5 Å². The first-order chi connectivity index (χ1) is 9.83. The van der Waals surface area contributed by atoms with Crippen molar-refractivity contribution in [1.82, 2.24) is 14.5 Å². The van der Waals surface area contributed by atoms with Crippen molar-refractivity contribution in [2.75, 3.05) is 39.0 Å². The number of rotatable bonds is 4. The lowest BCUT2D eigenvalue weighted by molar-refractivity contribution is -0.134. The molecule has 6 nitrogen and oxygen atoms in total. The highest BCUT2D eigenvalue weighted by Gasteiger charge is 2.26. The molecule has 0 aromatic heterocycles. The van der Waals surface area contributed by atoms with E-state index in [-0.39, 0.29) is 11.9 Å². The fourth-order valence-corrected chi connectivity index (χ4v) is 4.10. The molecular formula is C14H27N3O3S. The van der Waals surface area contributed by atoms with Crippen LogP contribution in [0.2, 0.25) is 0 Å². The van der Waals surface area contributed by atoms with Crippen LogP contribution in [0.5, 0.6) is 0 Å². The van der Waals surface area contributed by atoms with Crippen molar-refractivity contribution in [2.45, 2.75) is 38.6 Å². The van der Waals surface area contributed by atoms with Gasteiger partial charge in [0.15, 0.2) is 0 Å². The molecule has 2 rings (SSSR count). The van der Waals surface area contributed by atoms with Crippen LogP contribution < -0.4 is 4.72 Å². The molecule has 2 saturated heterocycles. The molecule has 2 atom stereocenters. The van der Waals surface area contributed by atoms with Crippen molar-refractivity contribution in [3.8, 4) is 0 Å². The van der Waals surface area contributed by atoms with Gasteiger partial charge in [0.05, 0.1) is 12.8 Å². The first-order valence-electron chi connectivity index (χ1n) is 7.81. The van der Waals surface area contributed by atoms with Crippen LogP contribution in [-0.2, 0) is 14.8 Å². The third-order valence-corrected chi connectivity index (χ3v) is 5.02. The van der Waals surface area contributed by atoms with Crippen LogP contribution in [0.25, 0.3) is 0 Å². The van der Waals surface area contributed by atoms with E-state index < -0.39 is 10.0 Å². The molecule has 0 bridgehead atoms. The molecule has 0 aromatic rings. The van der Waals surface area contributed by atoms with E-state index in [4.69, 9.17) is 0 Å². The maximum atomic E-state index is 12.3. The smallest absolute Gasteiger partial charge is 0.236 e. The molecule has 1 N–H and O–H groups in total. The number of amides is 1. The number of sulfonamides is 1. The Morgan fingerprint density at radius 2 is 1.90 bits per heavy atom. The molecule has 0 spiro atoms. The Hall–Kier alpha value is -0.660. The van der Waals surface area contributed by atoms with Gasteiger partial charge in [-0.3, -0.25) is 9.69 Å². The van der Waals surface area contributed by atoms with Gasteiger partial charge in [0, 0.05) is 25.7 Å². The van der Waals surface area contributed by atoms with Crippen LogP contribution in [-0.4, -0.2) is 69.1 Å². The minimum Gasteiger partial charge on any atom is -0.341 e. The number of carbonyl (C=O) groups excluding carboxylic acids is 1. The number of carbonyl (C=O) groups is 1. The molecule has 7 heteroatoms. The molecular weight excluding hydrogens is 290 g/mol. The van der Waals surface area contributed by atoms with E-state index in [1.807, 2.05) is 4.90 Å². The lowest BCUT2D eigenvalue weighted by Crippen LogP contribution is -2.51. The van der Waals surface area contributed by atoms with Gasteiger partial charge in [0.25, 0.3) is 0 Å². The van der Waals surface area contributed by atoms with Crippen molar-refractivity contribution in [1.29, 1.82) is 0 Å². The Kier molecular flexibility index (Phi) is 5.62. The molecule has 0 radical (unpaired) electrons. The number of hydrogen-bond donors (Lipinski definition) is 1. The second-order valence-corrected chi connectivity index (χ2v) is 8.33. The molecule has 0 unspecified atom stereocenters. The first kappa shape index (κ1) is 16.7. The van der Waals surface area contributed by atoms with Gasteiger partial charge in [-0.05, 0) is 38.1 Å². The molecule has 0 aliphatic carbocycles. The summed E-state index contributed by atoms with van der Waals surface area (Å²) < 4.78 is 25.3. The summed E-state index contributed by atoms with van der Waals surface area (Å²) in [4.78, 5) is 16.4. The number of nitrogens with zero attached hydrogens (tertiary/aromatic N) is 2. The molecule has 122 valence electrons. The van der Waals surface area contributed by atoms with Gasteiger partial charge in [0.1, 0.15) is 0 Å². The van der Waals surface area contributed by atoms with Gasteiger partial charge in [0.2, 0.25) is 15.9 Å². The summed E-state index contributed by atoms with van der Waals surface area (Å²) in [5.41, 5.74) is 0. The molecule has 0 saturated carbocycles. The maximum absolute atomic E-state index is 12.3. The fourth-order valence-electron chi connectivity index (χ4n) is 3.31. The highest BCUT2D eigenvalue weighted by Crippen LogP contribution is 2.16. The Morgan fingerprint density at radius 1 is 1.19 bits per heavy atom. The summed E-state index contributed by atoms with van der Waals surface area (Å²) in [6.07, 6.45) is 5.25. The van der Waals surface area contributed by atoms with Crippen molar-refractivity contribution >= 4 is 15.9 Å². The number of nitrogens with one attached hydrogen (secondary N) is 1. The predicted octanol–water partition coefficient (Wildman–Crippen LogP) is 0.259. The van der Waals surface area contributed by atoms with Crippen molar-refractivity contribution in [3.63, 3.8) is 0 Å². The van der Waals surface area contributed by atoms with E-state index >= 15 is 0 Å². The van der Waals surface area contributed by atoms with Gasteiger partial charge in [-0.15, -0.1) is 0 Å². The quantitative estimate of drug-likeness (QED) is 0.807. The average molecular weight is 317 g/mol. The number of likely N-dealkylation sites (tertiary alicyclic amines) is 2. The summed E-state index contributed by atoms with van der Waals surface area (Å²) >= 11 is 0.